The molecule has 3 aliphatic rings. The summed E-state index contributed by atoms with van der Waals surface area (Å²) in [6.45, 7) is 7.93. The van der Waals surface area contributed by atoms with E-state index >= 15 is 0 Å². The summed E-state index contributed by atoms with van der Waals surface area (Å²) < 4.78 is 0. The molecule has 0 spiro atoms. The molecule has 1 aromatic rings. The third-order valence-electron chi connectivity index (χ3n) is 7.68. The monoisotopic (exact) mass is 339 g/mol. The van der Waals surface area contributed by atoms with Gasteiger partial charge in [0.15, 0.2) is 0 Å². The van der Waals surface area contributed by atoms with E-state index in [-0.39, 0.29) is 22.8 Å². The fourth-order valence-corrected chi connectivity index (χ4v) is 5.56. The number of piperidine rings is 1. The summed E-state index contributed by atoms with van der Waals surface area (Å²) in [6, 6.07) is 9.05. The molecule has 25 heavy (non-hydrogen) atoms. The van der Waals surface area contributed by atoms with Gasteiger partial charge in [0.1, 0.15) is 5.78 Å². The predicted molar refractivity (Wildman–Crippen MR) is 98.4 cm³/mol. The van der Waals surface area contributed by atoms with E-state index in [1.807, 2.05) is 0 Å². The summed E-state index contributed by atoms with van der Waals surface area (Å²) in [7, 11) is 0. The number of carbonyl (C=O) groups excluding carboxylic acids is 2. The van der Waals surface area contributed by atoms with Gasteiger partial charge in [-0.3, -0.25) is 9.59 Å². The van der Waals surface area contributed by atoms with Crippen molar-refractivity contribution >= 4 is 11.7 Å². The van der Waals surface area contributed by atoms with Crippen LogP contribution in [0.5, 0.6) is 0 Å². The van der Waals surface area contributed by atoms with E-state index in [0.29, 0.717) is 24.5 Å². The molecule has 134 valence electrons. The second kappa shape index (κ2) is 5.69. The van der Waals surface area contributed by atoms with E-state index < -0.39 is 0 Å². The van der Waals surface area contributed by atoms with Crippen molar-refractivity contribution < 1.29 is 9.59 Å². The number of ketones is 1. The van der Waals surface area contributed by atoms with Crippen LogP contribution in [0.4, 0.5) is 0 Å². The van der Waals surface area contributed by atoms with Crippen LogP contribution in [-0.2, 0) is 21.4 Å². The molecular formula is C22H29NO2. The summed E-state index contributed by atoms with van der Waals surface area (Å²) in [5, 5.41) is 0. The van der Waals surface area contributed by atoms with Crippen LogP contribution in [0, 0.1) is 11.3 Å². The average Bonchev–Trinajstić information content (AvgIpc) is 2.58. The van der Waals surface area contributed by atoms with Gasteiger partial charge in [-0.15, -0.1) is 0 Å². The standard InChI is InChI=1S/C22H29NO2/c1-21(2)19-14-16-6-4-5-7-18(16)22(21,3)12-13-23(19)20(25)15-8-10-17(24)11-9-15/h4-7,15,19H,8-14H2,1-3H3/t19-,22+/m1/s1. The van der Waals surface area contributed by atoms with Gasteiger partial charge >= 0.3 is 0 Å². The first-order valence-corrected chi connectivity index (χ1v) is 9.75. The summed E-state index contributed by atoms with van der Waals surface area (Å²) in [6.07, 6.45) is 4.63. The maximum absolute atomic E-state index is 13.3. The number of nitrogens with zero attached hydrogens (tertiary/aromatic N) is 1. The number of rotatable bonds is 1. The van der Waals surface area contributed by atoms with E-state index in [0.717, 1.165) is 32.2 Å². The van der Waals surface area contributed by atoms with Crippen LogP contribution in [0.25, 0.3) is 0 Å². The first kappa shape index (κ1) is 16.8. The molecule has 1 saturated heterocycles. The number of hydrogen-bond donors (Lipinski definition) is 0. The van der Waals surface area contributed by atoms with Crippen LogP contribution in [0.1, 0.15) is 64.0 Å². The van der Waals surface area contributed by atoms with Gasteiger partial charge in [-0.05, 0) is 42.2 Å². The zero-order valence-corrected chi connectivity index (χ0v) is 15.7. The second-order valence-corrected chi connectivity index (χ2v) is 9.03. The van der Waals surface area contributed by atoms with E-state index in [2.05, 4.69) is 49.9 Å². The molecule has 1 saturated carbocycles. The molecule has 4 rings (SSSR count). The van der Waals surface area contributed by atoms with E-state index in [1.54, 1.807) is 0 Å². The largest absolute Gasteiger partial charge is 0.339 e. The smallest absolute Gasteiger partial charge is 0.225 e. The Morgan fingerprint density at radius 1 is 1.12 bits per heavy atom. The number of likely N-dealkylation sites (tertiary alicyclic amines) is 1. The Morgan fingerprint density at radius 2 is 1.80 bits per heavy atom. The zero-order valence-electron chi connectivity index (χ0n) is 15.7. The highest BCUT2D eigenvalue weighted by molar-refractivity contribution is 5.85. The minimum Gasteiger partial charge on any atom is -0.339 e. The topological polar surface area (TPSA) is 37.4 Å². The molecule has 2 aliphatic carbocycles. The molecule has 3 nitrogen and oxygen atoms in total. The van der Waals surface area contributed by atoms with E-state index in [9.17, 15) is 9.59 Å². The molecule has 2 fully saturated rings. The third-order valence-corrected chi connectivity index (χ3v) is 7.68. The molecule has 2 atom stereocenters. The number of benzene rings is 1. The van der Waals surface area contributed by atoms with Gasteiger partial charge in [-0.1, -0.05) is 45.0 Å². The van der Waals surface area contributed by atoms with Gasteiger partial charge < -0.3 is 4.90 Å². The molecule has 1 aliphatic heterocycles. The Morgan fingerprint density at radius 3 is 2.52 bits per heavy atom. The van der Waals surface area contributed by atoms with Gasteiger partial charge in [0, 0.05) is 36.8 Å². The maximum atomic E-state index is 13.3. The van der Waals surface area contributed by atoms with Crippen LogP contribution in [0.3, 0.4) is 0 Å². The molecule has 0 radical (unpaired) electrons. The molecule has 3 heteroatoms. The number of Topliss-reactive ketones (excluding diaryl/α,β-unsaturated/α-hetero) is 1. The summed E-state index contributed by atoms with van der Waals surface area (Å²) in [4.78, 5) is 27.0. The Kier molecular flexibility index (Phi) is 3.82. The van der Waals surface area contributed by atoms with Crippen molar-refractivity contribution in [2.75, 3.05) is 6.54 Å². The van der Waals surface area contributed by atoms with Crippen LogP contribution in [0.15, 0.2) is 24.3 Å². The van der Waals surface area contributed by atoms with Crippen molar-refractivity contribution in [2.24, 2.45) is 11.3 Å². The Labute approximate surface area is 150 Å². The van der Waals surface area contributed by atoms with Crippen LogP contribution >= 0.6 is 0 Å². The fraction of sp³-hybridized carbons (Fsp3) is 0.636. The second-order valence-electron chi connectivity index (χ2n) is 9.03. The third kappa shape index (κ3) is 2.38. The Hall–Kier alpha value is -1.64. The van der Waals surface area contributed by atoms with E-state index in [4.69, 9.17) is 0 Å². The van der Waals surface area contributed by atoms with E-state index in [1.165, 1.54) is 11.1 Å². The van der Waals surface area contributed by atoms with Crippen LogP contribution in [0.2, 0.25) is 0 Å². The average molecular weight is 339 g/mol. The Balaban J connectivity index is 1.66. The molecule has 0 N–H and O–H groups in total. The SMILES string of the molecule is CC1(C)[C@H]2Cc3ccccc3[C@]1(C)CCN2C(=O)C1CCC(=O)CC1. The minimum atomic E-state index is 0.0510. The van der Waals surface area contributed by atoms with Crippen molar-refractivity contribution in [3.05, 3.63) is 35.4 Å². The first-order chi connectivity index (χ1) is 11.8. The molecule has 0 unspecified atom stereocenters. The minimum absolute atomic E-state index is 0.0510. The number of carbonyl (C=O) groups is 2. The van der Waals surface area contributed by atoms with Gasteiger partial charge in [-0.25, -0.2) is 0 Å². The molecule has 1 amide bonds. The van der Waals surface area contributed by atoms with Gasteiger partial charge in [0.05, 0.1) is 0 Å². The predicted octanol–water partition coefficient (Wildman–Crippen LogP) is 3.89. The highest BCUT2D eigenvalue weighted by Crippen LogP contribution is 2.56. The lowest BCUT2D eigenvalue weighted by Crippen LogP contribution is -2.65. The van der Waals surface area contributed by atoms with Gasteiger partial charge in [0.2, 0.25) is 5.91 Å². The molecular weight excluding hydrogens is 310 g/mol. The number of hydrogen-bond acceptors (Lipinski definition) is 2. The lowest BCUT2D eigenvalue weighted by molar-refractivity contribution is -0.149. The number of amides is 1. The summed E-state index contributed by atoms with van der Waals surface area (Å²) in [5.74, 6) is 0.671. The van der Waals surface area contributed by atoms with Crippen molar-refractivity contribution in [1.29, 1.82) is 0 Å². The maximum Gasteiger partial charge on any atom is 0.225 e. The highest BCUT2D eigenvalue weighted by atomic mass is 16.2. The lowest BCUT2D eigenvalue weighted by Gasteiger charge is -2.61. The first-order valence-electron chi connectivity index (χ1n) is 9.75. The molecule has 1 heterocycles. The molecule has 2 bridgehead atoms. The lowest BCUT2D eigenvalue weighted by atomic mass is 9.51. The van der Waals surface area contributed by atoms with Gasteiger partial charge in [-0.2, -0.15) is 0 Å². The molecule has 1 aromatic carbocycles. The van der Waals surface area contributed by atoms with Crippen molar-refractivity contribution in [3.63, 3.8) is 0 Å². The Bertz CT molecular complexity index is 712. The molecule has 0 aromatic heterocycles. The van der Waals surface area contributed by atoms with Crippen molar-refractivity contribution in [1.82, 2.24) is 4.90 Å². The highest BCUT2D eigenvalue weighted by Gasteiger charge is 2.57. The zero-order chi connectivity index (χ0) is 17.8. The van der Waals surface area contributed by atoms with Crippen LogP contribution < -0.4 is 0 Å². The quantitative estimate of drug-likeness (QED) is 0.778. The van der Waals surface area contributed by atoms with Gasteiger partial charge in [0.25, 0.3) is 0 Å². The normalized spacial score (nSPS) is 31.6. The summed E-state index contributed by atoms with van der Waals surface area (Å²) in [5.41, 5.74) is 3.06. The van der Waals surface area contributed by atoms with Crippen molar-refractivity contribution in [2.45, 2.75) is 70.8 Å². The fourth-order valence-electron chi connectivity index (χ4n) is 5.56. The van der Waals surface area contributed by atoms with Crippen molar-refractivity contribution in [3.8, 4) is 0 Å². The number of fused-ring (bicyclic) bond motifs is 4. The summed E-state index contributed by atoms with van der Waals surface area (Å²) >= 11 is 0. The van der Waals surface area contributed by atoms with Crippen LogP contribution in [-0.4, -0.2) is 29.2 Å².